The number of ether oxygens (including phenoxy) is 1. The average Bonchev–Trinajstić information content (AvgIpc) is 2.28. The highest BCUT2D eigenvalue weighted by molar-refractivity contribution is 5.93. The molecule has 0 aliphatic heterocycles. The van der Waals surface area contributed by atoms with Crippen LogP contribution < -0.4 is 5.32 Å². The van der Waals surface area contributed by atoms with E-state index in [-0.39, 0.29) is 23.7 Å². The molecule has 0 aliphatic carbocycles. The molecule has 0 heterocycles. The molecule has 0 fully saturated rings. The molecule has 7 nitrogen and oxygen atoms in total. The number of phenols is 1. The Hall–Kier alpha value is -2.15. The van der Waals surface area contributed by atoms with Crippen molar-refractivity contribution >= 4 is 17.3 Å². The van der Waals surface area contributed by atoms with E-state index in [2.05, 4.69) is 5.32 Å². The highest BCUT2D eigenvalue weighted by atomic mass is 16.6. The van der Waals surface area contributed by atoms with Gasteiger partial charge in [-0.25, -0.2) is 0 Å². The molecular formula is C12H16N2O5. The van der Waals surface area contributed by atoms with Crippen LogP contribution in [0.3, 0.4) is 0 Å². The summed E-state index contributed by atoms with van der Waals surface area (Å²) in [5, 5.41) is 22.5. The van der Waals surface area contributed by atoms with Crippen LogP contribution in [0.2, 0.25) is 0 Å². The monoisotopic (exact) mass is 268 g/mol. The van der Waals surface area contributed by atoms with Crippen molar-refractivity contribution in [3.8, 4) is 5.75 Å². The lowest BCUT2D eigenvalue weighted by atomic mass is 10.2. The second kappa shape index (κ2) is 5.66. The first-order valence-electron chi connectivity index (χ1n) is 5.60. The molecule has 1 aromatic carbocycles. The van der Waals surface area contributed by atoms with E-state index in [0.717, 1.165) is 6.07 Å². The summed E-state index contributed by atoms with van der Waals surface area (Å²) in [7, 11) is 0. The van der Waals surface area contributed by atoms with Crippen LogP contribution >= 0.6 is 0 Å². The molecule has 0 atom stereocenters. The zero-order valence-electron chi connectivity index (χ0n) is 11.0. The number of carbonyl (C=O) groups is 1. The number of nitro benzene ring substituents is 1. The SMILES string of the molecule is CC(C)(C)OCC(=O)Nc1ccc([N+](=O)[O-])cc1O. The summed E-state index contributed by atoms with van der Waals surface area (Å²) in [6.45, 7) is 5.26. The van der Waals surface area contributed by atoms with Crippen molar-refractivity contribution in [3.63, 3.8) is 0 Å². The summed E-state index contributed by atoms with van der Waals surface area (Å²) in [5.74, 6) is -0.808. The van der Waals surface area contributed by atoms with Crippen molar-refractivity contribution in [1.82, 2.24) is 0 Å². The summed E-state index contributed by atoms with van der Waals surface area (Å²) in [4.78, 5) is 21.4. The maximum absolute atomic E-state index is 11.5. The van der Waals surface area contributed by atoms with E-state index in [9.17, 15) is 20.0 Å². The number of rotatable bonds is 4. The molecule has 2 N–H and O–H groups in total. The fourth-order valence-electron chi connectivity index (χ4n) is 1.21. The van der Waals surface area contributed by atoms with E-state index < -0.39 is 16.4 Å². The molecule has 1 amide bonds. The van der Waals surface area contributed by atoms with Crippen LogP contribution in [0.15, 0.2) is 18.2 Å². The Labute approximate surface area is 110 Å². The van der Waals surface area contributed by atoms with Crippen LogP contribution in [-0.4, -0.2) is 28.1 Å². The number of benzene rings is 1. The van der Waals surface area contributed by atoms with Gasteiger partial charge >= 0.3 is 0 Å². The van der Waals surface area contributed by atoms with Gasteiger partial charge in [-0.15, -0.1) is 0 Å². The standard InChI is InChI=1S/C12H16N2O5/c1-12(2,3)19-7-11(16)13-9-5-4-8(14(17)18)6-10(9)15/h4-6,15H,7H2,1-3H3,(H,13,16). The molecule has 0 spiro atoms. The van der Waals surface area contributed by atoms with Crippen LogP contribution in [0.4, 0.5) is 11.4 Å². The van der Waals surface area contributed by atoms with Gasteiger partial charge in [0.05, 0.1) is 22.3 Å². The molecule has 0 saturated carbocycles. The first-order valence-corrected chi connectivity index (χ1v) is 5.60. The topological polar surface area (TPSA) is 102 Å². The quantitative estimate of drug-likeness (QED) is 0.494. The number of nitrogens with zero attached hydrogens (tertiary/aromatic N) is 1. The predicted octanol–water partition coefficient (Wildman–Crippen LogP) is 2.05. The van der Waals surface area contributed by atoms with Crippen LogP contribution in [0.1, 0.15) is 20.8 Å². The highest BCUT2D eigenvalue weighted by Gasteiger charge is 2.15. The molecule has 0 unspecified atom stereocenters. The summed E-state index contributed by atoms with van der Waals surface area (Å²) < 4.78 is 5.26. The number of anilines is 1. The summed E-state index contributed by atoms with van der Waals surface area (Å²) >= 11 is 0. The van der Waals surface area contributed by atoms with E-state index >= 15 is 0 Å². The largest absolute Gasteiger partial charge is 0.506 e. The Balaban J connectivity index is 2.67. The smallest absolute Gasteiger partial charge is 0.273 e. The number of phenolic OH excluding ortho intramolecular Hbond substituents is 1. The number of hydrogen-bond donors (Lipinski definition) is 2. The van der Waals surface area contributed by atoms with E-state index in [1.807, 2.05) is 20.8 Å². The van der Waals surface area contributed by atoms with E-state index in [1.54, 1.807) is 0 Å². The molecular weight excluding hydrogens is 252 g/mol. The third-order valence-electron chi connectivity index (χ3n) is 2.10. The maximum atomic E-state index is 11.5. The number of non-ortho nitro benzene ring substituents is 1. The lowest BCUT2D eigenvalue weighted by Crippen LogP contribution is -2.27. The van der Waals surface area contributed by atoms with Crippen LogP contribution in [0.25, 0.3) is 0 Å². The molecule has 0 aromatic heterocycles. The van der Waals surface area contributed by atoms with Gasteiger partial charge in [0, 0.05) is 6.07 Å². The van der Waals surface area contributed by atoms with Gasteiger partial charge in [0.1, 0.15) is 12.4 Å². The second-order valence-electron chi connectivity index (χ2n) is 4.91. The number of carbonyl (C=O) groups excluding carboxylic acids is 1. The molecule has 0 aliphatic rings. The minimum Gasteiger partial charge on any atom is -0.506 e. The Bertz CT molecular complexity index is 493. The van der Waals surface area contributed by atoms with Gasteiger partial charge in [-0.3, -0.25) is 14.9 Å². The van der Waals surface area contributed by atoms with Crippen molar-refractivity contribution in [2.24, 2.45) is 0 Å². The number of amides is 1. The van der Waals surface area contributed by atoms with E-state index in [0.29, 0.717) is 0 Å². The lowest BCUT2D eigenvalue weighted by Gasteiger charge is -2.19. The van der Waals surface area contributed by atoms with Crippen molar-refractivity contribution in [1.29, 1.82) is 0 Å². The Kier molecular flexibility index (Phi) is 4.44. The summed E-state index contributed by atoms with van der Waals surface area (Å²) in [6.07, 6.45) is 0. The van der Waals surface area contributed by atoms with Crippen molar-refractivity contribution in [3.05, 3.63) is 28.3 Å². The van der Waals surface area contributed by atoms with Gasteiger partial charge in [0.25, 0.3) is 5.69 Å². The van der Waals surface area contributed by atoms with Crippen molar-refractivity contribution in [2.75, 3.05) is 11.9 Å². The lowest BCUT2D eigenvalue weighted by molar-refractivity contribution is -0.384. The van der Waals surface area contributed by atoms with Crippen molar-refractivity contribution < 1.29 is 19.6 Å². The Morgan fingerprint density at radius 2 is 2.11 bits per heavy atom. The van der Waals surface area contributed by atoms with Gasteiger partial charge in [-0.05, 0) is 26.8 Å². The van der Waals surface area contributed by atoms with Crippen LogP contribution in [-0.2, 0) is 9.53 Å². The summed E-state index contributed by atoms with van der Waals surface area (Å²) in [5.41, 5.74) is -0.593. The molecule has 0 saturated heterocycles. The third-order valence-corrected chi connectivity index (χ3v) is 2.10. The van der Waals surface area contributed by atoms with Crippen LogP contribution in [0.5, 0.6) is 5.75 Å². The van der Waals surface area contributed by atoms with Crippen LogP contribution in [0, 0.1) is 10.1 Å². The Morgan fingerprint density at radius 1 is 1.47 bits per heavy atom. The first-order chi connectivity index (χ1) is 8.69. The number of nitrogens with one attached hydrogen (secondary N) is 1. The minimum absolute atomic E-state index is 0.105. The zero-order valence-corrected chi connectivity index (χ0v) is 11.0. The van der Waals surface area contributed by atoms with Gasteiger partial charge < -0.3 is 15.2 Å². The molecule has 1 aromatic rings. The van der Waals surface area contributed by atoms with Gasteiger partial charge in [0.15, 0.2) is 0 Å². The zero-order chi connectivity index (χ0) is 14.6. The summed E-state index contributed by atoms with van der Waals surface area (Å²) in [6, 6.07) is 3.43. The molecule has 1 rings (SSSR count). The predicted molar refractivity (Wildman–Crippen MR) is 69.1 cm³/mol. The maximum Gasteiger partial charge on any atom is 0.273 e. The van der Waals surface area contributed by atoms with Gasteiger partial charge in [-0.2, -0.15) is 0 Å². The Morgan fingerprint density at radius 3 is 2.58 bits per heavy atom. The highest BCUT2D eigenvalue weighted by Crippen LogP contribution is 2.27. The number of hydrogen-bond acceptors (Lipinski definition) is 5. The third kappa shape index (κ3) is 4.92. The minimum atomic E-state index is -0.631. The second-order valence-corrected chi connectivity index (χ2v) is 4.91. The molecule has 0 radical (unpaired) electrons. The normalized spacial score (nSPS) is 11.1. The van der Waals surface area contributed by atoms with E-state index in [1.165, 1.54) is 12.1 Å². The fraction of sp³-hybridized carbons (Fsp3) is 0.417. The molecule has 0 bridgehead atoms. The molecule has 19 heavy (non-hydrogen) atoms. The first kappa shape index (κ1) is 14.9. The molecule has 104 valence electrons. The number of aromatic hydroxyl groups is 1. The fourth-order valence-corrected chi connectivity index (χ4v) is 1.21. The number of nitro groups is 1. The van der Waals surface area contributed by atoms with Gasteiger partial charge in [-0.1, -0.05) is 0 Å². The van der Waals surface area contributed by atoms with Gasteiger partial charge in [0.2, 0.25) is 5.91 Å². The average molecular weight is 268 g/mol. The van der Waals surface area contributed by atoms with E-state index in [4.69, 9.17) is 4.74 Å². The molecule has 7 heteroatoms. The van der Waals surface area contributed by atoms with Crippen molar-refractivity contribution in [2.45, 2.75) is 26.4 Å².